The van der Waals surface area contributed by atoms with E-state index in [0.717, 1.165) is 37.3 Å². The summed E-state index contributed by atoms with van der Waals surface area (Å²) in [4.78, 5) is 16.3. The van der Waals surface area contributed by atoms with Gasteiger partial charge < -0.3 is 20.9 Å². The van der Waals surface area contributed by atoms with Gasteiger partial charge in [-0.2, -0.15) is 0 Å². The van der Waals surface area contributed by atoms with Crippen LogP contribution in [0.4, 0.5) is 11.4 Å². The van der Waals surface area contributed by atoms with Crippen molar-refractivity contribution < 1.29 is 4.79 Å². The number of nitrogens with zero attached hydrogens (tertiary/aromatic N) is 2. The molecule has 1 aromatic rings. The van der Waals surface area contributed by atoms with Crippen molar-refractivity contribution in [3.8, 4) is 0 Å². The minimum Gasteiger partial charge on any atom is -0.399 e. The van der Waals surface area contributed by atoms with E-state index in [-0.39, 0.29) is 5.91 Å². The van der Waals surface area contributed by atoms with Gasteiger partial charge in [-0.3, -0.25) is 4.79 Å². The molecule has 0 atom stereocenters. The SMILES string of the molecule is Cc1cc(N)ccc1NC(=O)CCN(C)CCCN(C)C. The van der Waals surface area contributed by atoms with E-state index >= 15 is 0 Å². The Kier molecular flexibility index (Phi) is 7.19. The second-order valence-electron chi connectivity index (χ2n) is 5.83. The van der Waals surface area contributed by atoms with Crippen LogP contribution in [-0.4, -0.2) is 56.5 Å². The van der Waals surface area contributed by atoms with Gasteiger partial charge in [0.15, 0.2) is 0 Å². The number of aryl methyl sites for hydroxylation is 1. The molecule has 0 fully saturated rings. The summed E-state index contributed by atoms with van der Waals surface area (Å²) in [6.45, 7) is 4.79. The van der Waals surface area contributed by atoms with Crippen molar-refractivity contribution >= 4 is 17.3 Å². The van der Waals surface area contributed by atoms with Gasteiger partial charge in [0, 0.05) is 24.3 Å². The number of nitrogens with two attached hydrogens (primary N) is 1. The Morgan fingerprint density at radius 3 is 2.52 bits per heavy atom. The number of carbonyl (C=O) groups is 1. The van der Waals surface area contributed by atoms with Crippen LogP contribution in [0.25, 0.3) is 0 Å². The lowest BCUT2D eigenvalue weighted by molar-refractivity contribution is -0.116. The molecule has 0 saturated carbocycles. The number of amides is 1. The first-order valence-electron chi connectivity index (χ1n) is 7.37. The van der Waals surface area contributed by atoms with Crippen LogP contribution in [0, 0.1) is 6.92 Å². The molecule has 0 aliphatic carbocycles. The summed E-state index contributed by atoms with van der Waals surface area (Å²) in [5, 5.41) is 2.94. The van der Waals surface area contributed by atoms with Gasteiger partial charge >= 0.3 is 0 Å². The number of rotatable bonds is 8. The van der Waals surface area contributed by atoms with E-state index in [1.54, 1.807) is 6.07 Å². The lowest BCUT2D eigenvalue weighted by Crippen LogP contribution is -2.27. The zero-order valence-electron chi connectivity index (χ0n) is 13.6. The topological polar surface area (TPSA) is 61.6 Å². The Morgan fingerprint density at radius 2 is 1.90 bits per heavy atom. The Bertz CT molecular complexity index is 460. The second-order valence-corrected chi connectivity index (χ2v) is 5.83. The van der Waals surface area contributed by atoms with E-state index in [9.17, 15) is 4.79 Å². The molecule has 0 saturated heterocycles. The van der Waals surface area contributed by atoms with E-state index in [1.165, 1.54) is 0 Å². The van der Waals surface area contributed by atoms with Gasteiger partial charge in [-0.15, -0.1) is 0 Å². The first kappa shape index (κ1) is 17.5. The molecular formula is C16H28N4O. The maximum absolute atomic E-state index is 12.0. The summed E-state index contributed by atoms with van der Waals surface area (Å²) in [6.07, 6.45) is 1.62. The first-order chi connectivity index (χ1) is 9.88. The van der Waals surface area contributed by atoms with E-state index < -0.39 is 0 Å². The quantitative estimate of drug-likeness (QED) is 0.717. The fourth-order valence-electron chi connectivity index (χ4n) is 2.10. The smallest absolute Gasteiger partial charge is 0.225 e. The Morgan fingerprint density at radius 1 is 1.19 bits per heavy atom. The lowest BCUT2D eigenvalue weighted by atomic mass is 10.2. The predicted molar refractivity (Wildman–Crippen MR) is 89.5 cm³/mol. The van der Waals surface area contributed by atoms with Crippen LogP contribution in [0.5, 0.6) is 0 Å². The molecule has 118 valence electrons. The Labute approximate surface area is 128 Å². The summed E-state index contributed by atoms with van der Waals surface area (Å²) in [5.74, 6) is 0.0438. The van der Waals surface area contributed by atoms with Crippen LogP contribution < -0.4 is 11.1 Å². The molecule has 0 unspecified atom stereocenters. The molecule has 0 aliphatic rings. The van der Waals surface area contributed by atoms with Gasteiger partial charge in [0.2, 0.25) is 5.91 Å². The summed E-state index contributed by atoms with van der Waals surface area (Å²) in [5.41, 5.74) is 8.24. The van der Waals surface area contributed by atoms with Crippen LogP contribution in [0.2, 0.25) is 0 Å². The molecule has 21 heavy (non-hydrogen) atoms. The van der Waals surface area contributed by atoms with Crippen LogP contribution in [0.1, 0.15) is 18.4 Å². The van der Waals surface area contributed by atoms with Crippen molar-refractivity contribution in [1.29, 1.82) is 0 Å². The number of carbonyl (C=O) groups excluding carboxylic acids is 1. The molecule has 1 amide bonds. The van der Waals surface area contributed by atoms with Crippen molar-refractivity contribution in [3.63, 3.8) is 0 Å². The number of anilines is 2. The fraction of sp³-hybridized carbons (Fsp3) is 0.562. The Hall–Kier alpha value is -1.59. The highest BCUT2D eigenvalue weighted by atomic mass is 16.1. The number of hydrogen-bond donors (Lipinski definition) is 2. The summed E-state index contributed by atoms with van der Waals surface area (Å²) < 4.78 is 0. The zero-order chi connectivity index (χ0) is 15.8. The van der Waals surface area contributed by atoms with E-state index in [1.807, 2.05) is 19.1 Å². The molecule has 0 bridgehead atoms. The van der Waals surface area contributed by atoms with Gasteiger partial charge in [-0.1, -0.05) is 0 Å². The minimum absolute atomic E-state index is 0.0438. The van der Waals surface area contributed by atoms with Gasteiger partial charge in [-0.25, -0.2) is 0 Å². The average Bonchev–Trinajstić information content (AvgIpc) is 2.39. The van der Waals surface area contributed by atoms with Gasteiger partial charge in [-0.05, 0) is 71.3 Å². The molecule has 0 aliphatic heterocycles. The van der Waals surface area contributed by atoms with Crippen molar-refractivity contribution in [1.82, 2.24) is 9.80 Å². The molecule has 1 aromatic carbocycles. The molecule has 0 aromatic heterocycles. The van der Waals surface area contributed by atoms with Crippen molar-refractivity contribution in [2.75, 3.05) is 51.8 Å². The van der Waals surface area contributed by atoms with Crippen molar-refractivity contribution in [3.05, 3.63) is 23.8 Å². The third-order valence-corrected chi connectivity index (χ3v) is 3.39. The van der Waals surface area contributed by atoms with Gasteiger partial charge in [0.25, 0.3) is 0 Å². The third kappa shape index (κ3) is 7.11. The van der Waals surface area contributed by atoms with Crippen LogP contribution in [0.3, 0.4) is 0 Å². The summed E-state index contributed by atoms with van der Waals surface area (Å²) in [6, 6.07) is 5.52. The van der Waals surface area contributed by atoms with Crippen LogP contribution in [-0.2, 0) is 4.79 Å². The highest BCUT2D eigenvalue weighted by Gasteiger charge is 2.07. The van der Waals surface area contributed by atoms with E-state index in [2.05, 4.69) is 36.3 Å². The van der Waals surface area contributed by atoms with Crippen molar-refractivity contribution in [2.45, 2.75) is 19.8 Å². The molecule has 1 rings (SSSR count). The molecule has 5 heteroatoms. The number of benzene rings is 1. The maximum atomic E-state index is 12.0. The fourth-order valence-corrected chi connectivity index (χ4v) is 2.10. The predicted octanol–water partition coefficient (Wildman–Crippen LogP) is 1.79. The van der Waals surface area contributed by atoms with Gasteiger partial charge in [0.05, 0.1) is 0 Å². The highest BCUT2D eigenvalue weighted by Crippen LogP contribution is 2.17. The Balaban J connectivity index is 2.30. The molecule has 5 nitrogen and oxygen atoms in total. The molecular weight excluding hydrogens is 264 g/mol. The third-order valence-electron chi connectivity index (χ3n) is 3.39. The highest BCUT2D eigenvalue weighted by molar-refractivity contribution is 5.91. The number of nitrogens with one attached hydrogen (secondary N) is 1. The lowest BCUT2D eigenvalue weighted by Gasteiger charge is -2.18. The molecule has 0 spiro atoms. The second kappa shape index (κ2) is 8.64. The monoisotopic (exact) mass is 292 g/mol. The first-order valence-corrected chi connectivity index (χ1v) is 7.37. The van der Waals surface area contributed by atoms with Gasteiger partial charge in [0.1, 0.15) is 0 Å². The largest absolute Gasteiger partial charge is 0.399 e. The average molecular weight is 292 g/mol. The number of nitrogen functional groups attached to an aromatic ring is 1. The van der Waals surface area contributed by atoms with E-state index in [0.29, 0.717) is 12.1 Å². The minimum atomic E-state index is 0.0438. The van der Waals surface area contributed by atoms with Crippen molar-refractivity contribution in [2.24, 2.45) is 0 Å². The van der Waals surface area contributed by atoms with E-state index in [4.69, 9.17) is 5.73 Å². The maximum Gasteiger partial charge on any atom is 0.225 e. The molecule has 0 radical (unpaired) electrons. The number of hydrogen-bond acceptors (Lipinski definition) is 4. The summed E-state index contributed by atoms with van der Waals surface area (Å²) >= 11 is 0. The zero-order valence-corrected chi connectivity index (χ0v) is 13.6. The van der Waals surface area contributed by atoms with Crippen LogP contribution >= 0.6 is 0 Å². The molecule has 3 N–H and O–H groups in total. The normalized spacial score (nSPS) is 11.1. The van der Waals surface area contributed by atoms with Crippen LogP contribution in [0.15, 0.2) is 18.2 Å². The molecule has 0 heterocycles. The standard InChI is InChI=1S/C16H28N4O/c1-13-12-14(17)6-7-15(13)18-16(21)8-11-20(4)10-5-9-19(2)3/h6-7,12H,5,8-11,17H2,1-4H3,(H,18,21). The summed E-state index contributed by atoms with van der Waals surface area (Å²) in [7, 11) is 6.20.